The van der Waals surface area contributed by atoms with E-state index in [0.717, 1.165) is 38.2 Å². The number of benzene rings is 1. The quantitative estimate of drug-likeness (QED) is 0.466. The van der Waals surface area contributed by atoms with Crippen LogP contribution in [-0.4, -0.2) is 38.7 Å². The summed E-state index contributed by atoms with van der Waals surface area (Å²) in [6, 6.07) is 7.71. The highest BCUT2D eigenvalue weighted by atomic mass is 16.4. The first-order chi connectivity index (χ1) is 15.2. The first-order valence-electron chi connectivity index (χ1n) is 10.4. The van der Waals surface area contributed by atoms with Crippen LogP contribution in [0.15, 0.2) is 29.8 Å². The molecule has 0 saturated heterocycles. The molecule has 3 rings (SSSR count). The largest absolute Gasteiger partial charge is 0.478 e. The zero-order chi connectivity index (χ0) is 23.4. The predicted molar refractivity (Wildman–Crippen MR) is 118 cm³/mol. The average Bonchev–Trinajstić information content (AvgIpc) is 3.04. The zero-order valence-electron chi connectivity index (χ0n) is 18.0. The molecule has 1 aliphatic carbocycles. The third-order valence-electron chi connectivity index (χ3n) is 5.75. The topological polar surface area (TPSA) is 132 Å². The van der Waals surface area contributed by atoms with E-state index < -0.39 is 17.8 Å². The van der Waals surface area contributed by atoms with Crippen LogP contribution in [-0.2, 0) is 4.79 Å². The van der Waals surface area contributed by atoms with Crippen molar-refractivity contribution in [2.75, 3.05) is 0 Å². The van der Waals surface area contributed by atoms with E-state index in [0.29, 0.717) is 22.6 Å². The first kappa shape index (κ1) is 22.8. The SMILES string of the molecule is Cc1cc(/C=C(/C#N)C(=O)NC2CCCCC2)c(C)n1-c1cc(C(=O)O)cc(C(=O)O)c1. The third-order valence-corrected chi connectivity index (χ3v) is 5.75. The van der Waals surface area contributed by atoms with E-state index in [2.05, 4.69) is 5.32 Å². The number of carbonyl (C=O) groups excluding carboxylic acids is 1. The van der Waals surface area contributed by atoms with Gasteiger partial charge in [-0.25, -0.2) is 9.59 Å². The second-order valence-electron chi connectivity index (χ2n) is 8.02. The highest BCUT2D eigenvalue weighted by Crippen LogP contribution is 2.25. The maximum absolute atomic E-state index is 12.6. The Morgan fingerprint density at radius 2 is 1.62 bits per heavy atom. The molecule has 0 radical (unpaired) electrons. The van der Waals surface area contributed by atoms with Crippen molar-refractivity contribution in [3.05, 3.63) is 57.9 Å². The van der Waals surface area contributed by atoms with Crippen LogP contribution in [0.5, 0.6) is 0 Å². The van der Waals surface area contributed by atoms with Gasteiger partial charge in [-0.3, -0.25) is 4.79 Å². The van der Waals surface area contributed by atoms with Crippen molar-refractivity contribution in [3.8, 4) is 11.8 Å². The molecule has 32 heavy (non-hydrogen) atoms. The monoisotopic (exact) mass is 435 g/mol. The summed E-state index contributed by atoms with van der Waals surface area (Å²) >= 11 is 0. The van der Waals surface area contributed by atoms with Crippen LogP contribution < -0.4 is 5.32 Å². The molecule has 0 spiro atoms. The molecule has 0 aliphatic heterocycles. The lowest BCUT2D eigenvalue weighted by atomic mass is 9.95. The second-order valence-corrected chi connectivity index (χ2v) is 8.02. The Bertz CT molecular complexity index is 1110. The summed E-state index contributed by atoms with van der Waals surface area (Å²) in [5.41, 5.74) is 2.05. The van der Waals surface area contributed by atoms with E-state index in [1.807, 2.05) is 6.07 Å². The van der Waals surface area contributed by atoms with Gasteiger partial charge in [-0.15, -0.1) is 0 Å². The van der Waals surface area contributed by atoms with Gasteiger partial charge in [0, 0.05) is 23.1 Å². The summed E-state index contributed by atoms with van der Waals surface area (Å²) < 4.78 is 1.71. The number of aromatic nitrogens is 1. The molecule has 3 N–H and O–H groups in total. The number of aryl methyl sites for hydroxylation is 1. The molecule has 8 nitrogen and oxygen atoms in total. The molecule has 1 aliphatic rings. The summed E-state index contributed by atoms with van der Waals surface area (Å²) in [5, 5.41) is 31.2. The van der Waals surface area contributed by atoms with E-state index in [4.69, 9.17) is 0 Å². The van der Waals surface area contributed by atoms with Gasteiger partial charge in [-0.2, -0.15) is 5.26 Å². The standard InChI is InChI=1S/C24H25N3O5/c1-14-8-16(9-19(13-25)22(28)26-20-6-4-3-5-7-20)15(2)27(14)21-11-17(23(29)30)10-18(12-21)24(31)32/h8-12,20H,3-7H2,1-2H3,(H,26,28)(H,29,30)(H,31,32)/b19-9-. The average molecular weight is 435 g/mol. The number of nitriles is 1. The van der Waals surface area contributed by atoms with Crippen LogP contribution in [0.25, 0.3) is 11.8 Å². The molecule has 1 heterocycles. The van der Waals surface area contributed by atoms with E-state index in [9.17, 15) is 29.9 Å². The van der Waals surface area contributed by atoms with Gasteiger partial charge in [0.05, 0.1) is 11.1 Å². The van der Waals surface area contributed by atoms with Crippen LogP contribution in [0, 0.1) is 25.2 Å². The molecule has 1 aromatic carbocycles. The van der Waals surface area contributed by atoms with Crippen molar-refractivity contribution in [3.63, 3.8) is 0 Å². The van der Waals surface area contributed by atoms with Crippen LogP contribution in [0.3, 0.4) is 0 Å². The molecule has 1 amide bonds. The second kappa shape index (κ2) is 9.52. The van der Waals surface area contributed by atoms with Gasteiger partial charge >= 0.3 is 11.9 Å². The Kier molecular flexibility index (Phi) is 6.79. The zero-order valence-corrected chi connectivity index (χ0v) is 18.0. The van der Waals surface area contributed by atoms with Gasteiger partial charge < -0.3 is 20.1 Å². The molecule has 0 atom stereocenters. The number of nitrogens with one attached hydrogen (secondary N) is 1. The number of amides is 1. The number of carboxylic acid groups (broad SMARTS) is 2. The Hall–Kier alpha value is -3.86. The Labute approximate surface area is 185 Å². The van der Waals surface area contributed by atoms with Crippen molar-refractivity contribution in [2.45, 2.75) is 52.0 Å². The minimum Gasteiger partial charge on any atom is -0.478 e. The van der Waals surface area contributed by atoms with E-state index in [-0.39, 0.29) is 22.7 Å². The number of hydrogen-bond acceptors (Lipinski definition) is 4. The molecular weight excluding hydrogens is 410 g/mol. The summed E-state index contributed by atoms with van der Waals surface area (Å²) in [6.45, 7) is 3.55. The number of hydrogen-bond donors (Lipinski definition) is 3. The Morgan fingerprint density at radius 1 is 1.03 bits per heavy atom. The van der Waals surface area contributed by atoms with Crippen LogP contribution in [0.4, 0.5) is 0 Å². The van der Waals surface area contributed by atoms with Gasteiger partial charge in [0.2, 0.25) is 0 Å². The van der Waals surface area contributed by atoms with Crippen molar-refractivity contribution >= 4 is 23.9 Å². The number of aromatic carboxylic acids is 2. The predicted octanol–water partition coefficient (Wildman–Crippen LogP) is 3.85. The fourth-order valence-corrected chi connectivity index (χ4v) is 4.13. The molecule has 8 heteroatoms. The van der Waals surface area contributed by atoms with E-state index >= 15 is 0 Å². The van der Waals surface area contributed by atoms with Gasteiger partial charge in [0.1, 0.15) is 11.6 Å². The number of rotatable bonds is 6. The fourth-order valence-electron chi connectivity index (χ4n) is 4.13. The normalized spacial score (nSPS) is 14.6. The Morgan fingerprint density at radius 3 is 2.16 bits per heavy atom. The number of carbonyl (C=O) groups is 3. The van der Waals surface area contributed by atoms with Gasteiger partial charge in [-0.05, 0) is 62.6 Å². The molecule has 0 bridgehead atoms. The highest BCUT2D eigenvalue weighted by molar-refractivity contribution is 6.02. The fraction of sp³-hybridized carbons (Fsp3) is 0.333. The molecule has 0 unspecified atom stereocenters. The van der Waals surface area contributed by atoms with Crippen molar-refractivity contribution in [1.29, 1.82) is 5.26 Å². The molecule has 2 aromatic rings. The summed E-state index contributed by atoms with van der Waals surface area (Å²) in [4.78, 5) is 35.5. The lowest BCUT2D eigenvalue weighted by Crippen LogP contribution is -2.36. The summed E-state index contributed by atoms with van der Waals surface area (Å²) in [5.74, 6) is -2.88. The van der Waals surface area contributed by atoms with Crippen LogP contribution >= 0.6 is 0 Å². The smallest absolute Gasteiger partial charge is 0.335 e. The third kappa shape index (κ3) is 4.89. The lowest BCUT2D eigenvalue weighted by Gasteiger charge is -2.22. The molecule has 1 aromatic heterocycles. The maximum atomic E-state index is 12.6. The lowest BCUT2D eigenvalue weighted by molar-refractivity contribution is -0.117. The van der Waals surface area contributed by atoms with Crippen molar-refractivity contribution in [2.24, 2.45) is 0 Å². The first-order valence-corrected chi connectivity index (χ1v) is 10.4. The summed E-state index contributed by atoms with van der Waals surface area (Å²) in [7, 11) is 0. The molecule has 1 fully saturated rings. The molecule has 1 saturated carbocycles. The number of carboxylic acids is 2. The molecular formula is C24H25N3O5. The van der Waals surface area contributed by atoms with Crippen molar-refractivity contribution < 1.29 is 24.6 Å². The maximum Gasteiger partial charge on any atom is 0.335 e. The Balaban J connectivity index is 1.98. The summed E-state index contributed by atoms with van der Waals surface area (Å²) in [6.07, 6.45) is 6.61. The minimum absolute atomic E-state index is 0.0127. The van der Waals surface area contributed by atoms with Crippen LogP contribution in [0.1, 0.15) is 69.8 Å². The van der Waals surface area contributed by atoms with Gasteiger partial charge in [0.15, 0.2) is 0 Å². The van der Waals surface area contributed by atoms with E-state index in [1.165, 1.54) is 18.2 Å². The van der Waals surface area contributed by atoms with Crippen LogP contribution in [0.2, 0.25) is 0 Å². The van der Waals surface area contributed by atoms with Crippen molar-refractivity contribution in [1.82, 2.24) is 9.88 Å². The van der Waals surface area contributed by atoms with E-state index in [1.54, 1.807) is 24.5 Å². The molecule has 166 valence electrons. The highest BCUT2D eigenvalue weighted by Gasteiger charge is 2.20. The van der Waals surface area contributed by atoms with Gasteiger partial charge in [0.25, 0.3) is 5.91 Å². The number of nitrogens with zero attached hydrogens (tertiary/aromatic N) is 2. The minimum atomic E-state index is -1.23. The van der Waals surface area contributed by atoms with Gasteiger partial charge in [-0.1, -0.05) is 19.3 Å².